The lowest BCUT2D eigenvalue weighted by Crippen LogP contribution is -2.11. The normalized spacial score (nSPS) is 11.4. The lowest BCUT2D eigenvalue weighted by molar-refractivity contribution is 0.387. The van der Waals surface area contributed by atoms with Gasteiger partial charge in [-0.05, 0) is 30.3 Å². The molecular weight excluding hydrogens is 301 g/mol. The third-order valence-electron chi connectivity index (χ3n) is 3.07. The molecule has 0 saturated heterocycles. The van der Waals surface area contributed by atoms with Crippen molar-refractivity contribution >= 4 is 12.9 Å². The predicted octanol–water partition coefficient (Wildman–Crippen LogP) is 2.01. The van der Waals surface area contributed by atoms with Crippen molar-refractivity contribution in [2.45, 2.75) is 0 Å². The molecule has 2 N–H and O–H groups in total. The molecule has 7 heteroatoms. The molecule has 0 aliphatic heterocycles. The van der Waals surface area contributed by atoms with Gasteiger partial charge in [0.15, 0.2) is 0 Å². The number of pyridine rings is 3. The van der Waals surface area contributed by atoms with E-state index in [9.17, 15) is 14.4 Å². The SMILES string of the molecule is O=P(O)(O)c1ccnc(-c2ccccn2)c1-c1ccccn1. The highest BCUT2D eigenvalue weighted by Gasteiger charge is 2.26. The van der Waals surface area contributed by atoms with Gasteiger partial charge in [-0.1, -0.05) is 12.1 Å². The second kappa shape index (κ2) is 5.77. The molecule has 0 bridgehead atoms. The zero-order valence-corrected chi connectivity index (χ0v) is 12.3. The Kier molecular flexibility index (Phi) is 3.81. The first-order chi connectivity index (χ1) is 10.6. The fourth-order valence-electron chi connectivity index (χ4n) is 2.15. The van der Waals surface area contributed by atoms with Crippen molar-refractivity contribution in [1.82, 2.24) is 15.0 Å². The van der Waals surface area contributed by atoms with Crippen LogP contribution in [0.4, 0.5) is 0 Å². The number of hydrogen-bond acceptors (Lipinski definition) is 4. The molecule has 3 rings (SSSR count). The van der Waals surface area contributed by atoms with Crippen LogP contribution in [-0.2, 0) is 4.57 Å². The second-order valence-electron chi connectivity index (χ2n) is 4.53. The van der Waals surface area contributed by atoms with E-state index in [2.05, 4.69) is 15.0 Å². The molecule has 3 heterocycles. The Bertz CT molecular complexity index is 835. The van der Waals surface area contributed by atoms with Gasteiger partial charge in [-0.15, -0.1) is 0 Å². The molecular formula is C15H12N3O3P. The Hall–Kier alpha value is -2.40. The van der Waals surface area contributed by atoms with Crippen LogP contribution < -0.4 is 5.30 Å². The number of rotatable bonds is 3. The van der Waals surface area contributed by atoms with Gasteiger partial charge in [-0.2, -0.15) is 0 Å². The van der Waals surface area contributed by atoms with E-state index in [1.54, 1.807) is 48.8 Å². The number of nitrogens with zero attached hydrogens (tertiary/aromatic N) is 3. The summed E-state index contributed by atoms with van der Waals surface area (Å²) in [5.74, 6) is 0. The van der Waals surface area contributed by atoms with Gasteiger partial charge in [0, 0.05) is 24.2 Å². The summed E-state index contributed by atoms with van der Waals surface area (Å²) >= 11 is 0. The van der Waals surface area contributed by atoms with Crippen LogP contribution in [0.5, 0.6) is 0 Å². The summed E-state index contributed by atoms with van der Waals surface area (Å²) in [6, 6.07) is 11.8. The predicted molar refractivity (Wildman–Crippen MR) is 82.4 cm³/mol. The Morgan fingerprint density at radius 2 is 1.41 bits per heavy atom. The molecule has 3 aromatic rings. The topological polar surface area (TPSA) is 96.2 Å². The molecule has 22 heavy (non-hydrogen) atoms. The van der Waals surface area contributed by atoms with Crippen LogP contribution in [0, 0.1) is 0 Å². The van der Waals surface area contributed by atoms with E-state index in [-0.39, 0.29) is 5.30 Å². The molecule has 0 saturated carbocycles. The molecule has 6 nitrogen and oxygen atoms in total. The standard InChI is InChI=1S/C15H12N3O3P/c19-22(20,21)13-7-10-18-15(12-6-2-4-9-17-12)14(13)11-5-1-3-8-16-11/h1-10H,(H2,19,20,21). The van der Waals surface area contributed by atoms with Crippen molar-refractivity contribution in [3.63, 3.8) is 0 Å². The third-order valence-corrected chi connectivity index (χ3v) is 4.07. The smallest absolute Gasteiger partial charge is 0.321 e. The van der Waals surface area contributed by atoms with Gasteiger partial charge in [0.1, 0.15) is 0 Å². The fraction of sp³-hybridized carbons (Fsp3) is 0. The minimum absolute atomic E-state index is 0.109. The van der Waals surface area contributed by atoms with Crippen LogP contribution in [0.2, 0.25) is 0 Å². The van der Waals surface area contributed by atoms with Crippen LogP contribution in [-0.4, -0.2) is 24.7 Å². The first-order valence-corrected chi connectivity index (χ1v) is 8.06. The number of aromatic nitrogens is 3. The summed E-state index contributed by atoms with van der Waals surface area (Å²) in [6.07, 6.45) is 4.53. The lowest BCUT2D eigenvalue weighted by Gasteiger charge is -2.14. The summed E-state index contributed by atoms with van der Waals surface area (Å²) in [7, 11) is -4.48. The van der Waals surface area contributed by atoms with Gasteiger partial charge < -0.3 is 9.79 Å². The van der Waals surface area contributed by atoms with Crippen molar-refractivity contribution < 1.29 is 14.4 Å². The maximum absolute atomic E-state index is 11.8. The van der Waals surface area contributed by atoms with Gasteiger partial charge in [-0.3, -0.25) is 19.5 Å². The van der Waals surface area contributed by atoms with Crippen LogP contribution in [0.15, 0.2) is 61.1 Å². The van der Waals surface area contributed by atoms with Crippen LogP contribution in [0.1, 0.15) is 0 Å². The molecule has 0 aromatic carbocycles. The van der Waals surface area contributed by atoms with Crippen molar-refractivity contribution in [3.05, 3.63) is 61.1 Å². The maximum atomic E-state index is 11.8. The zero-order chi connectivity index (χ0) is 15.6. The largest absolute Gasteiger partial charge is 0.357 e. The van der Waals surface area contributed by atoms with Gasteiger partial charge in [0.05, 0.1) is 22.4 Å². The highest BCUT2D eigenvalue weighted by Crippen LogP contribution is 2.40. The van der Waals surface area contributed by atoms with E-state index in [1.165, 1.54) is 12.3 Å². The molecule has 0 radical (unpaired) electrons. The Labute approximate surface area is 126 Å². The molecule has 0 unspecified atom stereocenters. The van der Waals surface area contributed by atoms with E-state index in [0.29, 0.717) is 22.6 Å². The minimum Gasteiger partial charge on any atom is -0.321 e. The Morgan fingerprint density at radius 3 is 1.95 bits per heavy atom. The summed E-state index contributed by atoms with van der Waals surface area (Å²) in [6.45, 7) is 0. The molecule has 3 aromatic heterocycles. The Balaban J connectivity index is 2.35. The van der Waals surface area contributed by atoms with Gasteiger partial charge in [-0.25, -0.2) is 0 Å². The van der Waals surface area contributed by atoms with E-state index < -0.39 is 7.60 Å². The molecule has 0 fully saturated rings. The molecule has 0 atom stereocenters. The monoisotopic (exact) mass is 313 g/mol. The second-order valence-corrected chi connectivity index (χ2v) is 6.10. The summed E-state index contributed by atoms with van der Waals surface area (Å²) in [4.78, 5) is 31.9. The van der Waals surface area contributed by atoms with Crippen LogP contribution in [0.3, 0.4) is 0 Å². The van der Waals surface area contributed by atoms with E-state index in [0.717, 1.165) is 0 Å². The highest BCUT2D eigenvalue weighted by molar-refractivity contribution is 7.60. The van der Waals surface area contributed by atoms with Gasteiger partial charge in [0.25, 0.3) is 0 Å². The van der Waals surface area contributed by atoms with Crippen LogP contribution >= 0.6 is 7.60 Å². The Morgan fingerprint density at radius 1 is 0.773 bits per heavy atom. The molecule has 0 aliphatic rings. The molecule has 0 spiro atoms. The van der Waals surface area contributed by atoms with Crippen molar-refractivity contribution in [1.29, 1.82) is 0 Å². The minimum atomic E-state index is -4.48. The van der Waals surface area contributed by atoms with Gasteiger partial charge in [0.2, 0.25) is 0 Å². The average molecular weight is 313 g/mol. The lowest BCUT2D eigenvalue weighted by atomic mass is 10.1. The molecule has 110 valence electrons. The van der Waals surface area contributed by atoms with Gasteiger partial charge >= 0.3 is 7.60 Å². The third kappa shape index (κ3) is 2.80. The average Bonchev–Trinajstić information content (AvgIpc) is 2.55. The van der Waals surface area contributed by atoms with Crippen molar-refractivity contribution in [2.75, 3.05) is 0 Å². The maximum Gasteiger partial charge on any atom is 0.357 e. The summed E-state index contributed by atoms with van der Waals surface area (Å²) < 4.78 is 11.8. The highest BCUT2D eigenvalue weighted by atomic mass is 31.2. The zero-order valence-electron chi connectivity index (χ0n) is 11.4. The number of hydrogen-bond donors (Lipinski definition) is 2. The van der Waals surface area contributed by atoms with Crippen molar-refractivity contribution in [3.8, 4) is 22.6 Å². The van der Waals surface area contributed by atoms with E-state index in [1.807, 2.05) is 0 Å². The van der Waals surface area contributed by atoms with E-state index in [4.69, 9.17) is 0 Å². The quantitative estimate of drug-likeness (QED) is 0.718. The fourth-order valence-corrected chi connectivity index (χ4v) is 2.93. The molecule has 0 aliphatic carbocycles. The summed E-state index contributed by atoms with van der Waals surface area (Å²) in [5.41, 5.74) is 1.66. The van der Waals surface area contributed by atoms with Crippen LogP contribution in [0.25, 0.3) is 22.6 Å². The summed E-state index contributed by atoms with van der Waals surface area (Å²) in [5, 5.41) is -0.109. The first kappa shape index (κ1) is 14.5. The van der Waals surface area contributed by atoms with Crippen molar-refractivity contribution in [2.24, 2.45) is 0 Å². The first-order valence-electron chi connectivity index (χ1n) is 6.45. The van der Waals surface area contributed by atoms with E-state index >= 15 is 0 Å². The molecule has 0 amide bonds.